The average molecular weight is 330 g/mol. The van der Waals surface area contributed by atoms with Crippen molar-refractivity contribution in [2.24, 2.45) is 5.92 Å². The number of piperidine rings is 1. The normalized spacial score (nSPS) is 21.2. The van der Waals surface area contributed by atoms with Gasteiger partial charge in [-0.3, -0.25) is 9.59 Å². The summed E-state index contributed by atoms with van der Waals surface area (Å²) in [7, 11) is 0. The summed E-state index contributed by atoms with van der Waals surface area (Å²) < 4.78 is 5.57. The predicted octanol–water partition coefficient (Wildman–Crippen LogP) is 2.84. The second-order valence-electron chi connectivity index (χ2n) is 6.63. The molecule has 1 atom stereocenters. The van der Waals surface area contributed by atoms with E-state index in [-0.39, 0.29) is 17.7 Å². The van der Waals surface area contributed by atoms with E-state index >= 15 is 0 Å². The summed E-state index contributed by atoms with van der Waals surface area (Å²) in [4.78, 5) is 28.6. The van der Waals surface area contributed by atoms with E-state index in [1.54, 1.807) is 4.90 Å². The maximum atomic E-state index is 12.6. The minimum absolute atomic E-state index is 0.0348. The van der Waals surface area contributed by atoms with Gasteiger partial charge in [0.1, 0.15) is 5.75 Å². The second kappa shape index (κ2) is 7.69. The quantitative estimate of drug-likeness (QED) is 0.834. The molecular formula is C19H26N2O3. The number of rotatable bonds is 5. The molecule has 1 unspecified atom stereocenters. The van der Waals surface area contributed by atoms with Gasteiger partial charge in [-0.1, -0.05) is 6.92 Å². The minimum Gasteiger partial charge on any atom is -0.494 e. The summed E-state index contributed by atoms with van der Waals surface area (Å²) in [6, 6.07) is 7.57. The first-order chi connectivity index (χ1) is 11.7. The molecule has 0 N–H and O–H groups in total. The molecule has 3 rings (SSSR count). The van der Waals surface area contributed by atoms with Crippen LogP contribution in [-0.2, 0) is 9.59 Å². The lowest BCUT2D eigenvalue weighted by atomic mass is 10.0. The largest absolute Gasteiger partial charge is 0.494 e. The van der Waals surface area contributed by atoms with Crippen molar-refractivity contribution in [3.8, 4) is 5.75 Å². The van der Waals surface area contributed by atoms with Crippen LogP contribution in [0.1, 0.15) is 39.0 Å². The van der Waals surface area contributed by atoms with E-state index in [9.17, 15) is 9.59 Å². The number of ether oxygens (including phenoxy) is 1. The highest BCUT2D eigenvalue weighted by Crippen LogP contribution is 2.28. The zero-order chi connectivity index (χ0) is 16.9. The van der Waals surface area contributed by atoms with E-state index in [4.69, 9.17) is 4.74 Å². The fourth-order valence-corrected chi connectivity index (χ4v) is 3.44. The monoisotopic (exact) mass is 330 g/mol. The number of benzene rings is 1. The van der Waals surface area contributed by atoms with Gasteiger partial charge >= 0.3 is 0 Å². The van der Waals surface area contributed by atoms with Gasteiger partial charge in [0.2, 0.25) is 11.8 Å². The van der Waals surface area contributed by atoms with Crippen molar-refractivity contribution in [2.75, 3.05) is 31.1 Å². The number of likely N-dealkylation sites (tertiary alicyclic amines) is 1. The molecule has 2 aliphatic heterocycles. The number of hydrogen-bond acceptors (Lipinski definition) is 3. The molecule has 1 aromatic rings. The van der Waals surface area contributed by atoms with E-state index in [1.165, 1.54) is 6.42 Å². The smallest absolute Gasteiger partial charge is 0.228 e. The topological polar surface area (TPSA) is 49.9 Å². The van der Waals surface area contributed by atoms with Crippen LogP contribution in [0, 0.1) is 5.92 Å². The number of amides is 2. The Labute approximate surface area is 143 Å². The highest BCUT2D eigenvalue weighted by Gasteiger charge is 2.37. The summed E-state index contributed by atoms with van der Waals surface area (Å²) in [5.74, 6) is 0.792. The van der Waals surface area contributed by atoms with Crippen LogP contribution in [0.5, 0.6) is 5.75 Å². The van der Waals surface area contributed by atoms with E-state index in [1.807, 2.05) is 29.2 Å². The molecule has 0 aliphatic carbocycles. The van der Waals surface area contributed by atoms with Crippen LogP contribution in [0.2, 0.25) is 0 Å². The Morgan fingerprint density at radius 3 is 2.54 bits per heavy atom. The van der Waals surface area contributed by atoms with Crippen molar-refractivity contribution in [3.05, 3.63) is 24.3 Å². The lowest BCUT2D eigenvalue weighted by Crippen LogP contribution is -2.40. The summed E-state index contributed by atoms with van der Waals surface area (Å²) >= 11 is 0. The van der Waals surface area contributed by atoms with Crippen molar-refractivity contribution < 1.29 is 14.3 Å². The lowest BCUT2D eigenvalue weighted by molar-refractivity contribution is -0.136. The zero-order valence-electron chi connectivity index (χ0n) is 14.4. The third kappa shape index (κ3) is 3.71. The lowest BCUT2D eigenvalue weighted by Gasteiger charge is -2.29. The van der Waals surface area contributed by atoms with Gasteiger partial charge in [0.15, 0.2) is 0 Å². The maximum Gasteiger partial charge on any atom is 0.228 e. The molecule has 130 valence electrons. The van der Waals surface area contributed by atoms with Gasteiger partial charge in [-0.15, -0.1) is 0 Å². The number of hydrogen-bond donors (Lipinski definition) is 0. The van der Waals surface area contributed by atoms with Crippen molar-refractivity contribution >= 4 is 17.5 Å². The molecule has 0 saturated carbocycles. The molecule has 0 radical (unpaired) electrons. The molecular weight excluding hydrogens is 304 g/mol. The van der Waals surface area contributed by atoms with Crippen LogP contribution in [0.4, 0.5) is 5.69 Å². The van der Waals surface area contributed by atoms with Gasteiger partial charge in [-0.05, 0) is 49.9 Å². The molecule has 2 fully saturated rings. The first-order valence-electron chi connectivity index (χ1n) is 9.01. The molecule has 0 spiro atoms. The molecule has 0 bridgehead atoms. The number of nitrogens with zero attached hydrogens (tertiary/aromatic N) is 2. The molecule has 1 aromatic carbocycles. The van der Waals surface area contributed by atoms with Gasteiger partial charge < -0.3 is 14.5 Å². The molecule has 2 heterocycles. The summed E-state index contributed by atoms with van der Waals surface area (Å²) in [5, 5.41) is 0. The minimum atomic E-state index is -0.202. The van der Waals surface area contributed by atoms with Crippen molar-refractivity contribution in [3.63, 3.8) is 0 Å². The van der Waals surface area contributed by atoms with Gasteiger partial charge in [-0.2, -0.15) is 0 Å². The zero-order valence-corrected chi connectivity index (χ0v) is 14.4. The van der Waals surface area contributed by atoms with Gasteiger partial charge in [-0.25, -0.2) is 0 Å². The SMILES string of the molecule is CCCOc1ccc(N2CC(C(=O)N3CCCCC3)CC2=O)cc1. The number of anilines is 1. The van der Waals surface area contributed by atoms with E-state index in [2.05, 4.69) is 6.92 Å². The van der Waals surface area contributed by atoms with E-state index in [0.717, 1.165) is 43.8 Å². The molecule has 5 heteroatoms. The molecule has 2 saturated heterocycles. The molecule has 2 amide bonds. The molecule has 24 heavy (non-hydrogen) atoms. The Morgan fingerprint density at radius 2 is 1.88 bits per heavy atom. The Morgan fingerprint density at radius 1 is 1.17 bits per heavy atom. The highest BCUT2D eigenvalue weighted by molar-refractivity contribution is 6.00. The standard InChI is InChI=1S/C19H26N2O3/c1-2-12-24-17-8-6-16(7-9-17)21-14-15(13-18(21)22)19(23)20-10-4-3-5-11-20/h6-9,15H,2-5,10-14H2,1H3. The maximum absolute atomic E-state index is 12.6. The first-order valence-corrected chi connectivity index (χ1v) is 9.01. The van der Waals surface area contributed by atoms with Crippen LogP contribution < -0.4 is 9.64 Å². The molecule has 2 aliphatic rings. The predicted molar refractivity (Wildman–Crippen MR) is 93.1 cm³/mol. The Bertz CT molecular complexity index is 579. The Balaban J connectivity index is 1.62. The third-order valence-electron chi connectivity index (χ3n) is 4.76. The van der Waals surface area contributed by atoms with Crippen molar-refractivity contribution in [2.45, 2.75) is 39.0 Å². The third-order valence-corrected chi connectivity index (χ3v) is 4.76. The van der Waals surface area contributed by atoms with Crippen molar-refractivity contribution in [1.82, 2.24) is 4.90 Å². The first kappa shape index (κ1) is 16.8. The number of carbonyl (C=O) groups excluding carboxylic acids is 2. The summed E-state index contributed by atoms with van der Waals surface area (Å²) in [6.07, 6.45) is 4.65. The Kier molecular flexibility index (Phi) is 5.38. The summed E-state index contributed by atoms with van der Waals surface area (Å²) in [5.41, 5.74) is 0.845. The fraction of sp³-hybridized carbons (Fsp3) is 0.579. The van der Waals surface area contributed by atoms with Gasteiger partial charge in [0, 0.05) is 31.7 Å². The van der Waals surface area contributed by atoms with Gasteiger partial charge in [0.05, 0.1) is 12.5 Å². The molecule has 0 aromatic heterocycles. The van der Waals surface area contributed by atoms with Crippen LogP contribution in [0.15, 0.2) is 24.3 Å². The van der Waals surface area contributed by atoms with Crippen molar-refractivity contribution in [1.29, 1.82) is 0 Å². The Hall–Kier alpha value is -2.04. The van der Waals surface area contributed by atoms with Crippen LogP contribution >= 0.6 is 0 Å². The highest BCUT2D eigenvalue weighted by atomic mass is 16.5. The summed E-state index contributed by atoms with van der Waals surface area (Å²) in [6.45, 7) is 4.93. The average Bonchev–Trinajstić information content (AvgIpc) is 3.02. The van der Waals surface area contributed by atoms with Crippen LogP contribution in [0.25, 0.3) is 0 Å². The van der Waals surface area contributed by atoms with E-state index < -0.39 is 0 Å². The molecule has 5 nitrogen and oxygen atoms in total. The van der Waals surface area contributed by atoms with Gasteiger partial charge in [0.25, 0.3) is 0 Å². The number of carbonyl (C=O) groups is 2. The second-order valence-corrected chi connectivity index (χ2v) is 6.63. The van der Waals surface area contributed by atoms with Crippen LogP contribution in [-0.4, -0.2) is 43.0 Å². The van der Waals surface area contributed by atoms with Crippen LogP contribution in [0.3, 0.4) is 0 Å². The fourth-order valence-electron chi connectivity index (χ4n) is 3.44. The van der Waals surface area contributed by atoms with E-state index in [0.29, 0.717) is 19.6 Å².